The minimum atomic E-state index is -0.963. The van der Waals surface area contributed by atoms with E-state index in [1.807, 2.05) is 12.1 Å². The van der Waals surface area contributed by atoms with Gasteiger partial charge in [-0.05, 0) is 29.8 Å². The molecule has 0 amide bonds. The molecular weight excluding hydrogens is 282 g/mol. The minimum Gasteiger partial charge on any atom is -0.481 e. The van der Waals surface area contributed by atoms with Gasteiger partial charge in [0.15, 0.2) is 11.4 Å². The summed E-state index contributed by atoms with van der Waals surface area (Å²) in [6, 6.07) is 8.89. The van der Waals surface area contributed by atoms with E-state index in [0.717, 1.165) is 11.2 Å². The predicted molar refractivity (Wildman–Crippen MR) is 78.2 cm³/mol. The van der Waals surface area contributed by atoms with Crippen LogP contribution in [0.1, 0.15) is 28.3 Å². The SMILES string of the molecule is O=C1C[C@@H](C(=O)O)c2ccc(-n3cnc4cccnc43)cc21. The Balaban J connectivity index is 1.87. The van der Waals surface area contributed by atoms with Crippen LogP contribution in [0.2, 0.25) is 0 Å². The molecule has 0 spiro atoms. The molecule has 0 saturated carbocycles. The molecule has 1 atom stereocenters. The molecule has 6 nitrogen and oxygen atoms in total. The first-order valence-electron chi connectivity index (χ1n) is 6.83. The van der Waals surface area contributed by atoms with Crippen molar-refractivity contribution in [2.45, 2.75) is 12.3 Å². The van der Waals surface area contributed by atoms with E-state index in [-0.39, 0.29) is 12.2 Å². The number of carbonyl (C=O) groups excluding carboxylic acids is 1. The summed E-state index contributed by atoms with van der Waals surface area (Å²) in [5.41, 5.74) is 3.26. The van der Waals surface area contributed by atoms with Crippen molar-refractivity contribution >= 4 is 22.9 Å². The molecule has 2 aromatic heterocycles. The van der Waals surface area contributed by atoms with Crippen molar-refractivity contribution in [2.24, 2.45) is 0 Å². The summed E-state index contributed by atoms with van der Waals surface area (Å²) in [7, 11) is 0. The van der Waals surface area contributed by atoms with Crippen molar-refractivity contribution in [1.29, 1.82) is 0 Å². The van der Waals surface area contributed by atoms with E-state index < -0.39 is 11.9 Å². The number of benzene rings is 1. The lowest BCUT2D eigenvalue weighted by Crippen LogP contribution is -2.08. The largest absolute Gasteiger partial charge is 0.481 e. The van der Waals surface area contributed by atoms with E-state index in [1.54, 1.807) is 35.3 Å². The average Bonchev–Trinajstić information content (AvgIpc) is 3.09. The Morgan fingerprint density at radius 2 is 2.14 bits per heavy atom. The third-order valence-electron chi connectivity index (χ3n) is 3.99. The summed E-state index contributed by atoms with van der Waals surface area (Å²) in [6.45, 7) is 0. The Kier molecular flexibility index (Phi) is 2.59. The number of imidazole rings is 1. The lowest BCUT2D eigenvalue weighted by atomic mass is 10.0. The Bertz CT molecular complexity index is 929. The smallest absolute Gasteiger partial charge is 0.311 e. The maximum absolute atomic E-state index is 12.1. The zero-order valence-electron chi connectivity index (χ0n) is 11.4. The molecule has 0 saturated heterocycles. The topological polar surface area (TPSA) is 85.1 Å². The van der Waals surface area contributed by atoms with Gasteiger partial charge in [0.25, 0.3) is 0 Å². The Morgan fingerprint density at radius 3 is 2.95 bits per heavy atom. The van der Waals surface area contributed by atoms with Crippen molar-refractivity contribution < 1.29 is 14.7 Å². The summed E-state index contributed by atoms with van der Waals surface area (Å²) >= 11 is 0. The Hall–Kier alpha value is -3.02. The van der Waals surface area contributed by atoms with Crippen molar-refractivity contribution in [2.75, 3.05) is 0 Å². The van der Waals surface area contributed by atoms with Gasteiger partial charge in [-0.25, -0.2) is 9.97 Å². The van der Waals surface area contributed by atoms with Gasteiger partial charge in [0.05, 0.1) is 5.92 Å². The molecule has 108 valence electrons. The lowest BCUT2D eigenvalue weighted by Gasteiger charge is -2.08. The van der Waals surface area contributed by atoms with Gasteiger partial charge in [0.2, 0.25) is 0 Å². The highest BCUT2D eigenvalue weighted by atomic mass is 16.4. The Morgan fingerprint density at radius 1 is 1.27 bits per heavy atom. The highest BCUT2D eigenvalue weighted by Gasteiger charge is 2.34. The number of carbonyl (C=O) groups is 2. The fourth-order valence-corrected chi connectivity index (χ4v) is 2.90. The molecule has 1 aliphatic rings. The van der Waals surface area contributed by atoms with E-state index in [0.29, 0.717) is 16.8 Å². The Labute approximate surface area is 125 Å². The van der Waals surface area contributed by atoms with Gasteiger partial charge in [0, 0.05) is 23.9 Å². The van der Waals surface area contributed by atoms with Crippen molar-refractivity contribution in [1.82, 2.24) is 14.5 Å². The lowest BCUT2D eigenvalue weighted by molar-refractivity contribution is -0.138. The molecule has 3 aromatic rings. The number of aromatic nitrogens is 3. The van der Waals surface area contributed by atoms with Crippen LogP contribution in [0.3, 0.4) is 0 Å². The monoisotopic (exact) mass is 293 g/mol. The van der Waals surface area contributed by atoms with E-state index in [2.05, 4.69) is 9.97 Å². The van der Waals surface area contributed by atoms with Gasteiger partial charge in [0.1, 0.15) is 11.8 Å². The van der Waals surface area contributed by atoms with Crippen LogP contribution in [0.5, 0.6) is 0 Å². The van der Waals surface area contributed by atoms with E-state index in [1.165, 1.54) is 0 Å². The maximum atomic E-state index is 12.1. The summed E-state index contributed by atoms with van der Waals surface area (Å²) in [5.74, 6) is -1.84. The molecule has 0 aliphatic heterocycles. The second-order valence-electron chi connectivity index (χ2n) is 5.25. The first-order chi connectivity index (χ1) is 10.6. The zero-order valence-corrected chi connectivity index (χ0v) is 11.4. The second-order valence-corrected chi connectivity index (χ2v) is 5.25. The van der Waals surface area contributed by atoms with Crippen molar-refractivity contribution in [3.8, 4) is 5.69 Å². The predicted octanol–water partition coefficient (Wildman–Crippen LogP) is 2.18. The van der Waals surface area contributed by atoms with Gasteiger partial charge in [-0.15, -0.1) is 0 Å². The van der Waals surface area contributed by atoms with E-state index in [9.17, 15) is 14.7 Å². The molecule has 1 aliphatic carbocycles. The van der Waals surface area contributed by atoms with Crippen molar-refractivity contribution in [3.05, 3.63) is 54.0 Å². The molecule has 0 unspecified atom stereocenters. The second kappa shape index (κ2) is 4.49. The van der Waals surface area contributed by atoms with E-state index >= 15 is 0 Å². The van der Waals surface area contributed by atoms with Crippen LogP contribution in [0, 0.1) is 0 Å². The third kappa shape index (κ3) is 1.74. The summed E-state index contributed by atoms with van der Waals surface area (Å²) in [6.07, 6.45) is 3.35. The first-order valence-corrected chi connectivity index (χ1v) is 6.83. The van der Waals surface area contributed by atoms with Gasteiger partial charge < -0.3 is 5.11 Å². The number of pyridine rings is 1. The number of rotatable bonds is 2. The van der Waals surface area contributed by atoms with Gasteiger partial charge in [-0.1, -0.05) is 6.07 Å². The van der Waals surface area contributed by atoms with Crippen LogP contribution in [0.4, 0.5) is 0 Å². The van der Waals surface area contributed by atoms with Gasteiger partial charge in [-0.3, -0.25) is 14.2 Å². The van der Waals surface area contributed by atoms with Gasteiger partial charge in [-0.2, -0.15) is 0 Å². The zero-order chi connectivity index (χ0) is 15.3. The van der Waals surface area contributed by atoms with Crippen LogP contribution < -0.4 is 0 Å². The van der Waals surface area contributed by atoms with Crippen LogP contribution in [-0.4, -0.2) is 31.4 Å². The fraction of sp³-hybridized carbons (Fsp3) is 0.125. The molecule has 0 bridgehead atoms. The number of ketones is 1. The highest BCUT2D eigenvalue weighted by molar-refractivity contribution is 6.06. The summed E-state index contributed by atoms with van der Waals surface area (Å²) < 4.78 is 1.79. The molecule has 4 rings (SSSR count). The van der Waals surface area contributed by atoms with Crippen LogP contribution in [0.25, 0.3) is 16.9 Å². The number of aliphatic carboxylic acids is 1. The van der Waals surface area contributed by atoms with E-state index in [4.69, 9.17) is 0 Å². The van der Waals surface area contributed by atoms with Crippen LogP contribution in [-0.2, 0) is 4.79 Å². The summed E-state index contributed by atoms with van der Waals surface area (Å²) in [5, 5.41) is 9.19. The number of hydrogen-bond acceptors (Lipinski definition) is 4. The molecular formula is C16H11N3O3. The third-order valence-corrected chi connectivity index (χ3v) is 3.99. The molecule has 2 heterocycles. The van der Waals surface area contributed by atoms with Gasteiger partial charge >= 0.3 is 5.97 Å². The van der Waals surface area contributed by atoms with Crippen LogP contribution in [0.15, 0.2) is 42.9 Å². The standard InChI is InChI=1S/C16H11N3O3/c20-14-7-12(16(21)22)10-4-3-9(6-11(10)14)19-8-18-13-2-1-5-17-15(13)19/h1-6,8,12H,7H2,(H,21,22)/t12-/m1/s1. The number of fused-ring (bicyclic) bond motifs is 2. The number of carboxylic acids is 1. The molecule has 0 fully saturated rings. The number of hydrogen-bond donors (Lipinski definition) is 1. The van der Waals surface area contributed by atoms with Crippen LogP contribution >= 0.6 is 0 Å². The highest BCUT2D eigenvalue weighted by Crippen LogP contribution is 2.34. The molecule has 1 N–H and O–H groups in total. The fourth-order valence-electron chi connectivity index (χ4n) is 2.90. The average molecular weight is 293 g/mol. The quantitative estimate of drug-likeness (QED) is 0.782. The molecule has 0 radical (unpaired) electrons. The summed E-state index contributed by atoms with van der Waals surface area (Å²) in [4.78, 5) is 31.8. The van der Waals surface area contributed by atoms with Crippen molar-refractivity contribution in [3.63, 3.8) is 0 Å². The normalized spacial score (nSPS) is 16.9. The molecule has 6 heteroatoms. The minimum absolute atomic E-state index is 0.0248. The molecule has 1 aromatic carbocycles. The first kappa shape index (κ1) is 12.7. The number of nitrogens with zero attached hydrogens (tertiary/aromatic N) is 3. The molecule has 22 heavy (non-hydrogen) atoms. The number of Topliss-reactive ketones (excluding diaryl/α,β-unsaturated/α-hetero) is 1. The number of carboxylic acid groups (broad SMARTS) is 1. The maximum Gasteiger partial charge on any atom is 0.311 e.